The van der Waals surface area contributed by atoms with Gasteiger partial charge < -0.3 is 25.0 Å². The van der Waals surface area contributed by atoms with Crippen LogP contribution in [0, 0.1) is 5.92 Å². The third kappa shape index (κ3) is 3.86. The largest absolute Gasteiger partial charge is 0.504 e. The summed E-state index contributed by atoms with van der Waals surface area (Å²) in [5.41, 5.74) is -0.960. The lowest BCUT2D eigenvalue weighted by atomic mass is 9.47. The van der Waals surface area contributed by atoms with Crippen LogP contribution in [-0.4, -0.2) is 81.1 Å². The molecule has 2 aliphatic heterocycles. The van der Waals surface area contributed by atoms with E-state index in [0.717, 1.165) is 37.1 Å². The molecule has 6 atom stereocenters. The van der Waals surface area contributed by atoms with Gasteiger partial charge >= 0.3 is 6.18 Å². The molecule has 2 saturated carbocycles. The first-order valence-electron chi connectivity index (χ1n) is 14.5. The number of likely N-dealkylation sites (tertiary alicyclic amines) is 1. The second-order valence-corrected chi connectivity index (χ2v) is 12.7. The highest BCUT2D eigenvalue weighted by Crippen LogP contribution is 2.66. The number of benzene rings is 2. The number of phenolic OH excluding ortho intramolecular Hbond substituents is 1. The number of amides is 1. The van der Waals surface area contributed by atoms with Crippen molar-refractivity contribution in [1.82, 2.24) is 9.80 Å². The van der Waals surface area contributed by atoms with Gasteiger partial charge in [0.05, 0.1) is 28.7 Å². The fourth-order valence-corrected chi connectivity index (χ4v) is 8.38. The van der Waals surface area contributed by atoms with Gasteiger partial charge in [0.25, 0.3) is 0 Å². The third-order valence-electron chi connectivity index (χ3n) is 10.5. The van der Waals surface area contributed by atoms with Crippen molar-refractivity contribution in [3.05, 3.63) is 58.7 Å². The van der Waals surface area contributed by atoms with Gasteiger partial charge in [0.15, 0.2) is 11.5 Å². The fraction of sp³-hybridized carbons (Fsp3) is 0.581. The zero-order chi connectivity index (χ0) is 28.9. The maximum absolute atomic E-state index is 13.5. The van der Waals surface area contributed by atoms with Crippen LogP contribution in [0.5, 0.6) is 11.5 Å². The SMILES string of the molecule is CN(C(=O)CCc1ccc(C(F)(F)F)cc1)C1CC[C@@]2(O)[C@H]3Cc4ccc(O)c5c4[C@@]2(C(O)CN3CC2CC2)C1O5. The summed E-state index contributed by atoms with van der Waals surface area (Å²) in [6.45, 7) is 1.22. The van der Waals surface area contributed by atoms with Gasteiger partial charge in [0.2, 0.25) is 5.91 Å². The van der Waals surface area contributed by atoms with Crippen molar-refractivity contribution in [2.45, 2.75) is 86.4 Å². The van der Waals surface area contributed by atoms with Gasteiger partial charge in [-0.2, -0.15) is 13.2 Å². The van der Waals surface area contributed by atoms with E-state index in [4.69, 9.17) is 4.74 Å². The first-order valence-corrected chi connectivity index (χ1v) is 14.5. The average Bonchev–Trinajstić information content (AvgIpc) is 3.67. The molecule has 3 unspecified atom stereocenters. The molecule has 7 nitrogen and oxygen atoms in total. The summed E-state index contributed by atoms with van der Waals surface area (Å²) in [4.78, 5) is 17.3. The van der Waals surface area contributed by atoms with Crippen LogP contribution < -0.4 is 4.74 Å². The van der Waals surface area contributed by atoms with Crippen LogP contribution in [0.1, 0.15) is 54.4 Å². The van der Waals surface area contributed by atoms with Crippen LogP contribution in [0.4, 0.5) is 13.2 Å². The number of aromatic hydroxyl groups is 1. The number of rotatable bonds is 6. The molecule has 1 saturated heterocycles. The summed E-state index contributed by atoms with van der Waals surface area (Å²) in [6, 6.07) is 7.62. The normalized spacial score (nSPS) is 33.7. The highest BCUT2D eigenvalue weighted by molar-refractivity contribution is 5.77. The molecule has 5 aliphatic rings. The molecule has 0 aromatic heterocycles. The van der Waals surface area contributed by atoms with E-state index < -0.39 is 41.0 Å². The van der Waals surface area contributed by atoms with Gasteiger partial charge in [-0.3, -0.25) is 9.69 Å². The number of aliphatic hydroxyl groups is 2. The predicted octanol–water partition coefficient (Wildman–Crippen LogP) is 3.41. The average molecular weight is 573 g/mol. The molecule has 1 spiro atoms. The number of phenols is 1. The maximum Gasteiger partial charge on any atom is 0.416 e. The van der Waals surface area contributed by atoms with Gasteiger partial charge in [-0.1, -0.05) is 18.2 Å². The molecule has 3 N–H and O–H groups in total. The smallest absolute Gasteiger partial charge is 0.416 e. The molecule has 10 heteroatoms. The number of hydrogen-bond donors (Lipinski definition) is 3. The number of piperidine rings is 1. The highest BCUT2D eigenvalue weighted by Gasteiger charge is 2.76. The Morgan fingerprint density at radius 1 is 1.15 bits per heavy atom. The molecule has 2 heterocycles. The Labute approximate surface area is 236 Å². The van der Waals surface area contributed by atoms with E-state index in [1.807, 2.05) is 6.07 Å². The van der Waals surface area contributed by atoms with Crippen molar-refractivity contribution in [3.8, 4) is 11.5 Å². The molecule has 2 bridgehead atoms. The lowest BCUT2D eigenvalue weighted by Crippen LogP contribution is -2.82. The Morgan fingerprint density at radius 3 is 2.56 bits per heavy atom. The summed E-state index contributed by atoms with van der Waals surface area (Å²) in [7, 11) is 1.68. The zero-order valence-corrected chi connectivity index (χ0v) is 22.9. The molecule has 1 amide bonds. The molecule has 220 valence electrons. The van der Waals surface area contributed by atoms with Crippen LogP contribution in [-0.2, 0) is 29.2 Å². The Bertz CT molecular complexity index is 1380. The number of aryl methyl sites for hydroxylation is 1. The summed E-state index contributed by atoms with van der Waals surface area (Å²) in [5.74, 6) is 0.623. The number of ether oxygens (including phenoxy) is 1. The molecular formula is C31H35F3N2O5. The highest BCUT2D eigenvalue weighted by atomic mass is 19.4. The molecule has 3 aliphatic carbocycles. The van der Waals surface area contributed by atoms with Crippen molar-refractivity contribution in [3.63, 3.8) is 0 Å². The van der Waals surface area contributed by atoms with E-state index in [1.54, 1.807) is 18.0 Å². The minimum absolute atomic E-state index is 0.0454. The van der Waals surface area contributed by atoms with E-state index in [-0.39, 0.29) is 36.3 Å². The minimum atomic E-state index is -4.42. The number of carbonyl (C=O) groups excluding carboxylic acids is 1. The minimum Gasteiger partial charge on any atom is -0.504 e. The number of alkyl halides is 3. The topological polar surface area (TPSA) is 93.5 Å². The van der Waals surface area contributed by atoms with Gasteiger partial charge in [-0.05, 0) is 73.8 Å². The van der Waals surface area contributed by atoms with Crippen molar-refractivity contribution in [2.75, 3.05) is 20.1 Å². The number of likely N-dealkylation sites (N-methyl/N-ethyl adjacent to an activating group) is 1. The first-order chi connectivity index (χ1) is 19.4. The molecule has 0 radical (unpaired) electrons. The van der Waals surface area contributed by atoms with Crippen LogP contribution >= 0.6 is 0 Å². The third-order valence-corrected chi connectivity index (χ3v) is 10.5. The maximum atomic E-state index is 13.5. The first kappa shape index (κ1) is 27.0. The Hall–Kier alpha value is -2.82. The van der Waals surface area contributed by atoms with Gasteiger partial charge in [0, 0.05) is 38.2 Å². The molecule has 3 fully saturated rings. The Balaban J connectivity index is 1.18. The molecule has 41 heavy (non-hydrogen) atoms. The summed E-state index contributed by atoms with van der Waals surface area (Å²) < 4.78 is 45.3. The van der Waals surface area contributed by atoms with Crippen molar-refractivity contribution >= 4 is 5.91 Å². The lowest BCUT2D eigenvalue weighted by molar-refractivity contribution is -0.236. The molecule has 7 rings (SSSR count). The van der Waals surface area contributed by atoms with Gasteiger partial charge in [-0.15, -0.1) is 0 Å². The summed E-state index contributed by atoms with van der Waals surface area (Å²) in [6.07, 6.45) is -2.04. The van der Waals surface area contributed by atoms with E-state index >= 15 is 0 Å². The quantitative estimate of drug-likeness (QED) is 0.492. The van der Waals surface area contributed by atoms with Crippen LogP contribution in [0.2, 0.25) is 0 Å². The Kier molecular flexibility index (Phi) is 5.99. The lowest BCUT2D eigenvalue weighted by Gasteiger charge is -2.66. The molecule has 2 aromatic carbocycles. The number of carbonyl (C=O) groups is 1. The summed E-state index contributed by atoms with van der Waals surface area (Å²) in [5, 5.41) is 35.4. The van der Waals surface area contributed by atoms with E-state index in [1.165, 1.54) is 12.1 Å². The van der Waals surface area contributed by atoms with Crippen LogP contribution in [0.25, 0.3) is 0 Å². The second-order valence-electron chi connectivity index (χ2n) is 12.7. The van der Waals surface area contributed by atoms with Gasteiger partial charge in [-0.25, -0.2) is 0 Å². The van der Waals surface area contributed by atoms with Crippen molar-refractivity contribution in [1.29, 1.82) is 0 Å². The zero-order valence-electron chi connectivity index (χ0n) is 22.9. The number of halogens is 3. The molecular weight excluding hydrogens is 537 g/mol. The number of aliphatic hydroxyl groups excluding tert-OH is 1. The Morgan fingerprint density at radius 2 is 1.88 bits per heavy atom. The van der Waals surface area contributed by atoms with Crippen LogP contribution in [0.3, 0.4) is 0 Å². The van der Waals surface area contributed by atoms with Gasteiger partial charge in [0.1, 0.15) is 6.10 Å². The number of hydrogen-bond acceptors (Lipinski definition) is 6. The standard InChI is InChI=1S/C31H35F3N2O5/c1-35(25(39)11-6-17-4-8-20(9-5-17)31(32,33)34)21-12-13-29(40)23-14-19-7-10-22(37)27-26(19)30(29,28(21)41-27)24(38)16-36(23)15-18-2-3-18/h4-5,7-10,18,21,23-24,28,37-38,40H,2-3,6,11-16H2,1H3/t21?,23-,24?,28?,29-,30+/m1/s1. The second kappa shape index (κ2) is 9.09. The van der Waals surface area contributed by atoms with Crippen molar-refractivity contribution < 1.29 is 38.0 Å². The van der Waals surface area contributed by atoms with Crippen molar-refractivity contribution in [2.24, 2.45) is 5.92 Å². The fourth-order valence-electron chi connectivity index (χ4n) is 8.38. The molecule has 2 aromatic rings. The predicted molar refractivity (Wildman–Crippen MR) is 143 cm³/mol. The summed E-state index contributed by atoms with van der Waals surface area (Å²) >= 11 is 0. The van der Waals surface area contributed by atoms with E-state index in [0.29, 0.717) is 42.9 Å². The van der Waals surface area contributed by atoms with E-state index in [9.17, 15) is 33.3 Å². The number of nitrogens with zero attached hydrogens (tertiary/aromatic N) is 2. The monoisotopic (exact) mass is 572 g/mol. The van der Waals surface area contributed by atoms with Crippen LogP contribution in [0.15, 0.2) is 36.4 Å². The number of β-amino-alcohol motifs (C(OH)–C–C–N with tert-alkyl or cyclic N) is 1. The van der Waals surface area contributed by atoms with E-state index in [2.05, 4.69) is 4.90 Å².